The summed E-state index contributed by atoms with van der Waals surface area (Å²) in [5.41, 5.74) is 6.57. The summed E-state index contributed by atoms with van der Waals surface area (Å²) in [4.78, 5) is 9.50. The molecule has 20 heavy (non-hydrogen) atoms. The summed E-state index contributed by atoms with van der Waals surface area (Å²) in [5.74, 6) is 2.27. The van der Waals surface area contributed by atoms with Crippen molar-refractivity contribution in [3.05, 3.63) is 40.0 Å². The number of aromatic nitrogens is 2. The molecular formula is C13H13Cl2N3S2. The van der Waals surface area contributed by atoms with Gasteiger partial charge in [0.1, 0.15) is 5.82 Å². The van der Waals surface area contributed by atoms with E-state index in [1.165, 1.54) is 0 Å². The minimum Gasteiger partial charge on any atom is -0.384 e. The number of nitrogens with zero attached hydrogens (tertiary/aromatic N) is 2. The first-order valence-electron chi connectivity index (χ1n) is 5.86. The van der Waals surface area contributed by atoms with Crippen molar-refractivity contribution in [3.8, 4) is 0 Å². The summed E-state index contributed by atoms with van der Waals surface area (Å²) < 4.78 is 0. The molecule has 2 rings (SSSR count). The molecule has 0 amide bonds. The maximum absolute atomic E-state index is 6.11. The Hall–Kier alpha value is -0.620. The molecule has 2 aromatic rings. The van der Waals surface area contributed by atoms with Gasteiger partial charge in [0.25, 0.3) is 0 Å². The van der Waals surface area contributed by atoms with E-state index in [0.29, 0.717) is 16.0 Å². The molecule has 0 saturated carbocycles. The van der Waals surface area contributed by atoms with Crippen LogP contribution in [0.1, 0.15) is 5.69 Å². The van der Waals surface area contributed by atoms with Crippen LogP contribution in [0.4, 0.5) is 5.82 Å². The summed E-state index contributed by atoms with van der Waals surface area (Å²) in [6, 6.07) is 7.22. The molecule has 1 heterocycles. The molecular weight excluding hydrogens is 333 g/mol. The van der Waals surface area contributed by atoms with Crippen LogP contribution in [0, 0.1) is 6.92 Å². The lowest BCUT2D eigenvalue weighted by Crippen LogP contribution is -1.97. The van der Waals surface area contributed by atoms with Gasteiger partial charge in [0.15, 0.2) is 5.16 Å². The quantitative estimate of drug-likeness (QED) is 0.489. The van der Waals surface area contributed by atoms with Crippen LogP contribution >= 0.6 is 46.7 Å². The minimum atomic E-state index is 0.505. The standard InChI is InChI=1S/C13H13Cl2N3S2/c1-8-6-12(16)18-13(17-8)20-5-4-19-11-7-9(14)2-3-10(11)15/h2-3,6-7H,4-5H2,1H3,(H2,16,17,18). The molecule has 0 atom stereocenters. The fourth-order valence-electron chi connectivity index (χ4n) is 1.50. The number of thioether (sulfide) groups is 2. The molecule has 0 bridgehead atoms. The first kappa shape index (κ1) is 15.8. The summed E-state index contributed by atoms with van der Waals surface area (Å²) in [7, 11) is 0. The average Bonchev–Trinajstić information content (AvgIpc) is 2.37. The maximum atomic E-state index is 6.11. The highest BCUT2D eigenvalue weighted by Gasteiger charge is 2.04. The van der Waals surface area contributed by atoms with Gasteiger partial charge in [0.2, 0.25) is 0 Å². The average molecular weight is 346 g/mol. The molecule has 0 saturated heterocycles. The van der Waals surface area contributed by atoms with E-state index in [1.807, 2.05) is 19.1 Å². The first-order valence-corrected chi connectivity index (χ1v) is 8.59. The van der Waals surface area contributed by atoms with E-state index in [4.69, 9.17) is 28.9 Å². The fourth-order valence-corrected chi connectivity index (χ4v) is 3.88. The zero-order valence-electron chi connectivity index (χ0n) is 10.8. The molecule has 1 aromatic carbocycles. The van der Waals surface area contributed by atoms with E-state index < -0.39 is 0 Å². The molecule has 0 aliphatic rings. The Balaban J connectivity index is 1.86. The van der Waals surface area contributed by atoms with Crippen molar-refractivity contribution >= 4 is 52.5 Å². The highest BCUT2D eigenvalue weighted by Crippen LogP contribution is 2.30. The number of nitrogen functional groups attached to an aromatic ring is 1. The Labute approximate surface area is 136 Å². The van der Waals surface area contributed by atoms with Gasteiger partial charge in [-0.25, -0.2) is 9.97 Å². The second-order valence-corrected chi connectivity index (χ2v) is 7.03. The molecule has 0 aliphatic heterocycles. The lowest BCUT2D eigenvalue weighted by atomic mass is 10.4. The second kappa shape index (κ2) is 7.41. The van der Waals surface area contributed by atoms with Crippen molar-refractivity contribution in [2.45, 2.75) is 17.0 Å². The van der Waals surface area contributed by atoms with Crippen molar-refractivity contribution in [3.63, 3.8) is 0 Å². The Morgan fingerprint density at radius 3 is 2.60 bits per heavy atom. The normalized spacial score (nSPS) is 10.8. The van der Waals surface area contributed by atoms with Crippen molar-refractivity contribution in [1.29, 1.82) is 0 Å². The lowest BCUT2D eigenvalue weighted by molar-refractivity contribution is 0.941. The van der Waals surface area contributed by atoms with Gasteiger partial charge in [-0.15, -0.1) is 11.8 Å². The van der Waals surface area contributed by atoms with E-state index >= 15 is 0 Å². The fraction of sp³-hybridized carbons (Fsp3) is 0.231. The topological polar surface area (TPSA) is 51.8 Å². The molecule has 3 nitrogen and oxygen atoms in total. The maximum Gasteiger partial charge on any atom is 0.189 e. The van der Waals surface area contributed by atoms with Crippen LogP contribution in [0.2, 0.25) is 10.0 Å². The molecule has 0 fully saturated rings. The highest BCUT2D eigenvalue weighted by molar-refractivity contribution is 8.02. The predicted molar refractivity (Wildman–Crippen MR) is 89.1 cm³/mol. The van der Waals surface area contributed by atoms with E-state index in [9.17, 15) is 0 Å². The molecule has 1 aromatic heterocycles. The van der Waals surface area contributed by atoms with Crippen molar-refractivity contribution < 1.29 is 0 Å². The Bertz CT molecular complexity index is 588. The molecule has 0 radical (unpaired) electrons. The van der Waals surface area contributed by atoms with E-state index in [1.54, 1.807) is 35.7 Å². The van der Waals surface area contributed by atoms with Crippen molar-refractivity contribution in [1.82, 2.24) is 9.97 Å². The third-order valence-corrected chi connectivity index (χ3v) is 5.16. The van der Waals surface area contributed by atoms with Crippen LogP contribution in [0.5, 0.6) is 0 Å². The van der Waals surface area contributed by atoms with Gasteiger partial charge in [0, 0.05) is 33.2 Å². The van der Waals surface area contributed by atoms with Gasteiger partial charge in [-0.05, 0) is 25.1 Å². The molecule has 2 N–H and O–H groups in total. The summed E-state index contributed by atoms with van der Waals surface area (Å²) in [6.45, 7) is 1.91. The van der Waals surface area contributed by atoms with E-state index in [2.05, 4.69) is 9.97 Å². The van der Waals surface area contributed by atoms with E-state index in [-0.39, 0.29) is 0 Å². The summed E-state index contributed by atoms with van der Waals surface area (Å²) in [5, 5.41) is 2.13. The van der Waals surface area contributed by atoms with Crippen LogP contribution in [0.15, 0.2) is 34.3 Å². The number of hydrogen-bond donors (Lipinski definition) is 1. The van der Waals surface area contributed by atoms with Gasteiger partial charge >= 0.3 is 0 Å². The molecule has 0 unspecified atom stereocenters. The molecule has 7 heteroatoms. The highest BCUT2D eigenvalue weighted by atomic mass is 35.5. The monoisotopic (exact) mass is 345 g/mol. The SMILES string of the molecule is Cc1cc(N)nc(SCCSc2cc(Cl)ccc2Cl)n1. The first-order chi connectivity index (χ1) is 9.54. The Kier molecular flexibility index (Phi) is 5.84. The minimum absolute atomic E-state index is 0.505. The number of anilines is 1. The van der Waals surface area contributed by atoms with Crippen LogP contribution in [-0.4, -0.2) is 21.5 Å². The van der Waals surface area contributed by atoms with Gasteiger partial charge in [0.05, 0.1) is 5.02 Å². The number of hydrogen-bond acceptors (Lipinski definition) is 5. The largest absolute Gasteiger partial charge is 0.384 e. The molecule has 106 valence electrons. The molecule has 0 spiro atoms. The van der Waals surface area contributed by atoms with Gasteiger partial charge in [-0.1, -0.05) is 35.0 Å². The second-order valence-electron chi connectivity index (χ2n) is 3.99. The number of nitrogens with two attached hydrogens (primary N) is 1. The summed E-state index contributed by atoms with van der Waals surface area (Å²) in [6.07, 6.45) is 0. The summed E-state index contributed by atoms with van der Waals surface area (Å²) >= 11 is 15.3. The van der Waals surface area contributed by atoms with Gasteiger partial charge in [-0.2, -0.15) is 0 Å². The Morgan fingerprint density at radius 1 is 1.10 bits per heavy atom. The third-order valence-electron chi connectivity index (χ3n) is 2.32. The molecule has 0 aliphatic carbocycles. The predicted octanol–water partition coefficient (Wildman–Crippen LogP) is 4.56. The smallest absolute Gasteiger partial charge is 0.189 e. The zero-order valence-corrected chi connectivity index (χ0v) is 13.9. The number of aryl methyl sites for hydroxylation is 1. The van der Waals surface area contributed by atoms with Gasteiger partial charge in [-0.3, -0.25) is 0 Å². The number of benzene rings is 1. The number of rotatable bonds is 5. The number of halogens is 2. The zero-order chi connectivity index (χ0) is 14.5. The van der Waals surface area contributed by atoms with Crippen LogP contribution in [0.3, 0.4) is 0 Å². The van der Waals surface area contributed by atoms with Crippen molar-refractivity contribution in [2.75, 3.05) is 17.2 Å². The van der Waals surface area contributed by atoms with Gasteiger partial charge < -0.3 is 5.73 Å². The van der Waals surface area contributed by atoms with Crippen LogP contribution in [0.25, 0.3) is 0 Å². The van der Waals surface area contributed by atoms with E-state index in [0.717, 1.165) is 27.1 Å². The van der Waals surface area contributed by atoms with Crippen LogP contribution in [-0.2, 0) is 0 Å². The third kappa shape index (κ3) is 4.74. The van der Waals surface area contributed by atoms with Crippen LogP contribution < -0.4 is 5.73 Å². The Morgan fingerprint density at radius 2 is 1.85 bits per heavy atom. The lowest BCUT2D eigenvalue weighted by Gasteiger charge is -2.05. The van der Waals surface area contributed by atoms with Crippen molar-refractivity contribution in [2.24, 2.45) is 0 Å².